The molecule has 114 valence electrons. The normalized spacial score (nSPS) is 17.6. The summed E-state index contributed by atoms with van der Waals surface area (Å²) in [7, 11) is 0. The lowest BCUT2D eigenvalue weighted by atomic mass is 10.1. The zero-order valence-electron chi connectivity index (χ0n) is 12.8. The van der Waals surface area contributed by atoms with Crippen LogP contribution in [0.4, 0.5) is 5.69 Å². The number of benzene rings is 1. The van der Waals surface area contributed by atoms with Crippen LogP contribution in [0.15, 0.2) is 12.1 Å². The van der Waals surface area contributed by atoms with Gasteiger partial charge in [-0.25, -0.2) is 0 Å². The quantitative estimate of drug-likeness (QED) is 0.835. The monoisotopic (exact) mass is 290 g/mol. The van der Waals surface area contributed by atoms with Gasteiger partial charge in [0.15, 0.2) is 0 Å². The van der Waals surface area contributed by atoms with E-state index >= 15 is 0 Å². The molecular formula is C16H22N2O3. The van der Waals surface area contributed by atoms with Gasteiger partial charge in [0.25, 0.3) is 0 Å². The molecule has 2 amide bonds. The molecule has 0 radical (unpaired) electrons. The Balaban J connectivity index is 1.92. The van der Waals surface area contributed by atoms with E-state index in [4.69, 9.17) is 4.74 Å². The molecule has 1 aliphatic heterocycles. The van der Waals surface area contributed by atoms with Gasteiger partial charge in [0.1, 0.15) is 0 Å². The van der Waals surface area contributed by atoms with E-state index in [-0.39, 0.29) is 6.10 Å². The fraction of sp³-hybridized carbons (Fsp3) is 0.500. The molecule has 5 nitrogen and oxygen atoms in total. The van der Waals surface area contributed by atoms with Crippen LogP contribution in [0.3, 0.4) is 0 Å². The van der Waals surface area contributed by atoms with Gasteiger partial charge in [-0.05, 0) is 44.7 Å². The summed E-state index contributed by atoms with van der Waals surface area (Å²) >= 11 is 0. The summed E-state index contributed by atoms with van der Waals surface area (Å²) in [5.74, 6) is -1.26. The van der Waals surface area contributed by atoms with Crippen molar-refractivity contribution in [3.63, 3.8) is 0 Å². The molecule has 0 aromatic heterocycles. The van der Waals surface area contributed by atoms with Gasteiger partial charge in [0.05, 0.1) is 6.10 Å². The van der Waals surface area contributed by atoms with Crippen LogP contribution in [0.2, 0.25) is 0 Å². The highest BCUT2D eigenvalue weighted by atomic mass is 16.5. The van der Waals surface area contributed by atoms with Gasteiger partial charge in [-0.3, -0.25) is 9.59 Å². The third-order valence-corrected chi connectivity index (χ3v) is 3.64. The lowest BCUT2D eigenvalue weighted by Crippen LogP contribution is -2.39. The summed E-state index contributed by atoms with van der Waals surface area (Å²) in [6.07, 6.45) is 1.97. The number of aryl methyl sites for hydroxylation is 3. The Hall–Kier alpha value is -1.88. The van der Waals surface area contributed by atoms with Crippen LogP contribution in [0, 0.1) is 20.8 Å². The summed E-state index contributed by atoms with van der Waals surface area (Å²) in [5.41, 5.74) is 3.74. The minimum absolute atomic E-state index is 0.0320. The highest BCUT2D eigenvalue weighted by Gasteiger charge is 2.20. The van der Waals surface area contributed by atoms with Gasteiger partial charge in [-0.15, -0.1) is 0 Å². The fourth-order valence-electron chi connectivity index (χ4n) is 2.64. The third kappa shape index (κ3) is 4.04. The number of rotatable bonds is 3. The number of amides is 2. The van der Waals surface area contributed by atoms with Gasteiger partial charge in [-0.1, -0.05) is 17.7 Å². The molecular weight excluding hydrogens is 268 g/mol. The summed E-state index contributed by atoms with van der Waals surface area (Å²) in [4.78, 5) is 23.8. The summed E-state index contributed by atoms with van der Waals surface area (Å²) in [6.45, 7) is 6.95. The van der Waals surface area contributed by atoms with Gasteiger partial charge in [-0.2, -0.15) is 0 Å². The lowest BCUT2D eigenvalue weighted by molar-refractivity contribution is -0.136. The van der Waals surface area contributed by atoms with Crippen molar-refractivity contribution in [2.24, 2.45) is 0 Å². The molecule has 1 aromatic rings. The Bertz CT molecular complexity index is 525. The smallest absolute Gasteiger partial charge is 0.313 e. The molecule has 1 fully saturated rings. The Kier molecular flexibility index (Phi) is 4.96. The number of carbonyl (C=O) groups is 2. The molecule has 0 unspecified atom stereocenters. The van der Waals surface area contributed by atoms with E-state index in [2.05, 4.69) is 10.6 Å². The van der Waals surface area contributed by atoms with Crippen molar-refractivity contribution in [2.45, 2.75) is 39.7 Å². The molecule has 1 heterocycles. The van der Waals surface area contributed by atoms with E-state index in [9.17, 15) is 9.59 Å². The predicted molar refractivity (Wildman–Crippen MR) is 81.3 cm³/mol. The number of ether oxygens (including phenoxy) is 1. The fourth-order valence-corrected chi connectivity index (χ4v) is 2.64. The standard InChI is InChI=1S/C16H22N2O3/c1-10-7-11(2)14(12(3)8-10)18-16(20)15(19)17-9-13-5-4-6-21-13/h7-8,13H,4-6,9H2,1-3H3,(H,17,19)(H,18,20)/t13-/m0/s1. The predicted octanol–water partition coefficient (Wildman–Crippen LogP) is 1.85. The SMILES string of the molecule is Cc1cc(C)c(NC(=O)C(=O)NC[C@@H]2CCCO2)c(C)c1. The molecule has 0 spiro atoms. The maximum Gasteiger partial charge on any atom is 0.313 e. The van der Waals surface area contributed by atoms with Gasteiger partial charge in [0.2, 0.25) is 0 Å². The first-order valence-electron chi connectivity index (χ1n) is 7.26. The van der Waals surface area contributed by atoms with Crippen LogP contribution in [0.1, 0.15) is 29.5 Å². The number of hydrogen-bond donors (Lipinski definition) is 2. The lowest BCUT2D eigenvalue weighted by Gasteiger charge is -2.14. The van der Waals surface area contributed by atoms with Crippen molar-refractivity contribution in [2.75, 3.05) is 18.5 Å². The van der Waals surface area contributed by atoms with Crippen molar-refractivity contribution < 1.29 is 14.3 Å². The second-order valence-corrected chi connectivity index (χ2v) is 5.57. The van der Waals surface area contributed by atoms with Crippen LogP contribution >= 0.6 is 0 Å². The van der Waals surface area contributed by atoms with E-state index in [0.29, 0.717) is 12.2 Å². The average Bonchev–Trinajstić information content (AvgIpc) is 2.93. The van der Waals surface area contributed by atoms with Crippen molar-refractivity contribution in [3.8, 4) is 0 Å². The number of anilines is 1. The minimum atomic E-state index is -0.636. The average molecular weight is 290 g/mol. The number of hydrogen-bond acceptors (Lipinski definition) is 3. The first-order valence-corrected chi connectivity index (χ1v) is 7.26. The Morgan fingerprint density at radius 3 is 2.43 bits per heavy atom. The van der Waals surface area contributed by atoms with Crippen LogP contribution < -0.4 is 10.6 Å². The molecule has 2 N–H and O–H groups in total. The molecule has 1 aromatic carbocycles. The van der Waals surface area contributed by atoms with Crippen LogP contribution in [-0.2, 0) is 14.3 Å². The molecule has 1 atom stereocenters. The molecule has 0 saturated carbocycles. The second kappa shape index (κ2) is 6.72. The largest absolute Gasteiger partial charge is 0.376 e. The van der Waals surface area contributed by atoms with Crippen molar-refractivity contribution in [3.05, 3.63) is 28.8 Å². The van der Waals surface area contributed by atoms with E-state index in [0.717, 1.165) is 36.1 Å². The minimum Gasteiger partial charge on any atom is -0.376 e. The molecule has 1 aliphatic rings. The molecule has 21 heavy (non-hydrogen) atoms. The topological polar surface area (TPSA) is 67.4 Å². The van der Waals surface area contributed by atoms with E-state index in [1.807, 2.05) is 32.9 Å². The maximum atomic E-state index is 11.9. The zero-order valence-corrected chi connectivity index (χ0v) is 12.8. The highest BCUT2D eigenvalue weighted by molar-refractivity contribution is 6.39. The van der Waals surface area contributed by atoms with Gasteiger partial charge >= 0.3 is 11.8 Å². The van der Waals surface area contributed by atoms with E-state index < -0.39 is 11.8 Å². The Labute approximate surface area is 125 Å². The van der Waals surface area contributed by atoms with Crippen molar-refractivity contribution >= 4 is 17.5 Å². The van der Waals surface area contributed by atoms with E-state index in [1.54, 1.807) is 0 Å². The Morgan fingerprint density at radius 1 is 1.19 bits per heavy atom. The summed E-state index contributed by atoms with van der Waals surface area (Å²) in [6, 6.07) is 3.96. The van der Waals surface area contributed by atoms with Crippen LogP contribution in [0.25, 0.3) is 0 Å². The highest BCUT2D eigenvalue weighted by Crippen LogP contribution is 2.21. The molecule has 1 saturated heterocycles. The van der Waals surface area contributed by atoms with E-state index in [1.165, 1.54) is 0 Å². The van der Waals surface area contributed by atoms with Gasteiger partial charge < -0.3 is 15.4 Å². The van der Waals surface area contributed by atoms with Crippen molar-refractivity contribution in [1.82, 2.24) is 5.32 Å². The summed E-state index contributed by atoms with van der Waals surface area (Å²) < 4.78 is 5.41. The maximum absolute atomic E-state index is 11.9. The van der Waals surface area contributed by atoms with Gasteiger partial charge in [0, 0.05) is 18.8 Å². The molecule has 0 aliphatic carbocycles. The molecule has 5 heteroatoms. The zero-order chi connectivity index (χ0) is 15.4. The second-order valence-electron chi connectivity index (χ2n) is 5.57. The molecule has 0 bridgehead atoms. The Morgan fingerprint density at radius 2 is 1.86 bits per heavy atom. The first-order chi connectivity index (χ1) is 9.97. The molecule has 2 rings (SSSR count). The number of carbonyl (C=O) groups excluding carboxylic acids is 2. The number of nitrogens with one attached hydrogen (secondary N) is 2. The van der Waals surface area contributed by atoms with Crippen molar-refractivity contribution in [1.29, 1.82) is 0 Å². The van der Waals surface area contributed by atoms with Crippen LogP contribution in [0.5, 0.6) is 0 Å². The first kappa shape index (κ1) is 15.5. The summed E-state index contributed by atoms with van der Waals surface area (Å²) in [5, 5.41) is 5.31. The van der Waals surface area contributed by atoms with Crippen LogP contribution in [-0.4, -0.2) is 31.1 Å². The third-order valence-electron chi connectivity index (χ3n) is 3.64.